The van der Waals surface area contributed by atoms with Crippen LogP contribution in [-0.4, -0.2) is 6.10 Å². The summed E-state index contributed by atoms with van der Waals surface area (Å²) in [5, 5.41) is 0. The van der Waals surface area contributed by atoms with Gasteiger partial charge in [0.1, 0.15) is 5.60 Å². The van der Waals surface area contributed by atoms with Gasteiger partial charge in [-0.15, -0.1) is 0 Å². The van der Waals surface area contributed by atoms with Crippen molar-refractivity contribution in [3.63, 3.8) is 0 Å². The summed E-state index contributed by atoms with van der Waals surface area (Å²) in [6.45, 7) is 0. The van der Waals surface area contributed by atoms with Crippen LogP contribution in [0.1, 0.15) is 48.8 Å². The van der Waals surface area contributed by atoms with E-state index in [9.17, 15) is 0 Å². The largest absolute Gasteiger partial charge is 0.353 e. The van der Waals surface area contributed by atoms with E-state index in [2.05, 4.69) is 124 Å². The number of halogens is 1. The molecule has 4 fully saturated rings. The van der Waals surface area contributed by atoms with E-state index in [0.717, 1.165) is 23.7 Å². The smallest absolute Gasteiger partial charge is 0.144 e. The molecule has 4 saturated carbocycles. The van der Waals surface area contributed by atoms with E-state index in [1.54, 1.807) is 0 Å². The Morgan fingerprint density at radius 1 is 0.647 bits per heavy atom. The molecule has 2 heteroatoms. The van der Waals surface area contributed by atoms with Crippen molar-refractivity contribution in [1.82, 2.24) is 0 Å². The molecule has 3 aromatic rings. The molecule has 4 bridgehead atoms. The molecule has 174 valence electrons. The Bertz CT molecular complexity index is 983. The van der Waals surface area contributed by atoms with Crippen LogP contribution >= 0.6 is 22.6 Å². The van der Waals surface area contributed by atoms with Crippen molar-refractivity contribution in [2.45, 2.75) is 43.8 Å². The number of rotatable bonds is 7. The van der Waals surface area contributed by atoms with Crippen LogP contribution in [0.25, 0.3) is 0 Å². The van der Waals surface area contributed by atoms with Crippen LogP contribution in [0.3, 0.4) is 0 Å². The van der Waals surface area contributed by atoms with Gasteiger partial charge in [0.15, 0.2) is 0 Å². The zero-order valence-corrected chi connectivity index (χ0v) is 21.8. The highest BCUT2D eigenvalue weighted by atomic mass is 127. The summed E-state index contributed by atoms with van der Waals surface area (Å²) in [6, 6.07) is 32.6. The zero-order valence-electron chi connectivity index (χ0n) is 19.6. The van der Waals surface area contributed by atoms with Gasteiger partial charge in [-0.1, -0.05) is 114 Å². The van der Waals surface area contributed by atoms with E-state index in [1.807, 2.05) is 0 Å². The minimum Gasteiger partial charge on any atom is -0.353 e. The number of benzene rings is 3. The second-order valence-electron chi connectivity index (χ2n) is 10.7. The highest BCUT2D eigenvalue weighted by Gasteiger charge is 2.52. The van der Waals surface area contributed by atoms with Gasteiger partial charge in [0.05, 0.1) is 6.10 Å². The van der Waals surface area contributed by atoms with Gasteiger partial charge in [0.2, 0.25) is 0 Å². The van der Waals surface area contributed by atoms with Gasteiger partial charge in [-0.25, -0.2) is 0 Å². The van der Waals surface area contributed by atoms with Crippen molar-refractivity contribution >= 4 is 22.6 Å². The van der Waals surface area contributed by atoms with Gasteiger partial charge in [0, 0.05) is 0 Å². The van der Waals surface area contributed by atoms with Crippen molar-refractivity contribution < 1.29 is 4.74 Å². The minimum atomic E-state index is -0.654. The molecule has 0 N–H and O–H groups in total. The number of ether oxygens (including phenoxy) is 1. The SMILES string of the molecule is IC=CC(OC(c1ccccc1)(c1ccccc1)c1ccccc1)C1C2CC3CC(C2)CC1C3. The van der Waals surface area contributed by atoms with Crippen LogP contribution in [-0.2, 0) is 10.3 Å². The number of hydrogen-bond donors (Lipinski definition) is 0. The van der Waals surface area contributed by atoms with Crippen molar-refractivity contribution in [2.24, 2.45) is 29.6 Å². The average Bonchev–Trinajstić information content (AvgIpc) is 2.88. The van der Waals surface area contributed by atoms with Gasteiger partial charge in [-0.2, -0.15) is 0 Å². The van der Waals surface area contributed by atoms with Crippen LogP contribution in [0.2, 0.25) is 0 Å². The summed E-state index contributed by atoms with van der Waals surface area (Å²) >= 11 is 2.39. The first kappa shape index (κ1) is 22.5. The molecule has 0 saturated heterocycles. The van der Waals surface area contributed by atoms with Gasteiger partial charge in [-0.05, 0) is 88.5 Å². The van der Waals surface area contributed by atoms with E-state index >= 15 is 0 Å². The lowest BCUT2D eigenvalue weighted by Crippen LogP contribution is -2.51. The molecule has 4 aliphatic rings. The van der Waals surface area contributed by atoms with Crippen molar-refractivity contribution in [3.05, 3.63) is 118 Å². The summed E-state index contributed by atoms with van der Waals surface area (Å²) < 4.78 is 9.76. The molecule has 0 aromatic heterocycles. The Kier molecular flexibility index (Phi) is 6.38. The molecule has 0 aliphatic heterocycles. The second kappa shape index (κ2) is 9.62. The predicted octanol–water partition coefficient (Wildman–Crippen LogP) is 8.38. The Hall–Kier alpha value is -1.91. The van der Waals surface area contributed by atoms with Gasteiger partial charge in [0.25, 0.3) is 0 Å². The van der Waals surface area contributed by atoms with E-state index < -0.39 is 5.60 Å². The Balaban J connectivity index is 1.50. The third kappa shape index (κ3) is 3.97. The van der Waals surface area contributed by atoms with Crippen molar-refractivity contribution in [2.75, 3.05) is 0 Å². The molecule has 0 spiro atoms. The lowest BCUT2D eigenvalue weighted by Gasteiger charge is -2.56. The number of hydrogen-bond acceptors (Lipinski definition) is 1. The van der Waals surface area contributed by atoms with Crippen LogP contribution in [0.15, 0.2) is 101 Å². The summed E-state index contributed by atoms with van der Waals surface area (Å²) in [5.41, 5.74) is 2.94. The summed E-state index contributed by atoms with van der Waals surface area (Å²) in [5.74, 6) is 4.13. The molecule has 0 amide bonds. The first-order valence-electron chi connectivity index (χ1n) is 12.9. The molecule has 1 atom stereocenters. The van der Waals surface area contributed by atoms with Crippen molar-refractivity contribution in [1.29, 1.82) is 0 Å². The topological polar surface area (TPSA) is 9.23 Å². The van der Waals surface area contributed by atoms with Gasteiger partial charge < -0.3 is 4.74 Å². The lowest BCUT2D eigenvalue weighted by atomic mass is 9.51. The highest BCUT2D eigenvalue weighted by molar-refractivity contribution is 14.1. The van der Waals surface area contributed by atoms with Crippen LogP contribution in [0.5, 0.6) is 0 Å². The Labute approximate surface area is 217 Å². The molecule has 34 heavy (non-hydrogen) atoms. The molecular formula is C32H33IO. The standard InChI is InChI=1S/C32H33IO/c33-17-16-30(31-25-19-23-18-24(21-25)22-26(31)20-23)34-32(27-10-4-1-5-11-27,28-12-6-2-7-13-28)29-14-8-3-9-15-29/h1-17,23-26,30-31H,18-22H2. The average molecular weight is 561 g/mol. The molecule has 4 aliphatic carbocycles. The maximum Gasteiger partial charge on any atom is 0.144 e. The fraction of sp³-hybridized carbons (Fsp3) is 0.375. The maximum absolute atomic E-state index is 7.57. The summed E-state index contributed by atoms with van der Waals surface area (Å²) in [7, 11) is 0. The molecule has 7 rings (SSSR count). The highest BCUT2D eigenvalue weighted by Crippen LogP contribution is 2.58. The third-order valence-corrected chi connectivity index (χ3v) is 9.21. The first-order valence-corrected chi connectivity index (χ1v) is 14.1. The normalized spacial score (nSPS) is 28.9. The quantitative estimate of drug-likeness (QED) is 0.208. The molecule has 0 radical (unpaired) electrons. The predicted molar refractivity (Wildman–Crippen MR) is 148 cm³/mol. The summed E-state index contributed by atoms with van der Waals surface area (Å²) in [6.07, 6.45) is 9.55. The minimum absolute atomic E-state index is 0.0903. The summed E-state index contributed by atoms with van der Waals surface area (Å²) in [4.78, 5) is 0. The van der Waals surface area contributed by atoms with Gasteiger partial charge >= 0.3 is 0 Å². The van der Waals surface area contributed by atoms with Gasteiger partial charge in [-0.3, -0.25) is 0 Å². The monoisotopic (exact) mass is 560 g/mol. The zero-order chi connectivity index (χ0) is 23.0. The fourth-order valence-corrected chi connectivity index (χ4v) is 8.16. The van der Waals surface area contributed by atoms with Crippen LogP contribution in [0.4, 0.5) is 0 Å². The van der Waals surface area contributed by atoms with Crippen LogP contribution in [0, 0.1) is 29.6 Å². The van der Waals surface area contributed by atoms with E-state index in [0.29, 0.717) is 5.92 Å². The molecule has 0 heterocycles. The fourth-order valence-electron chi connectivity index (χ4n) is 7.75. The van der Waals surface area contributed by atoms with E-state index in [-0.39, 0.29) is 6.10 Å². The maximum atomic E-state index is 7.57. The Morgan fingerprint density at radius 2 is 1.06 bits per heavy atom. The third-order valence-electron chi connectivity index (χ3n) is 8.80. The molecular weight excluding hydrogens is 527 g/mol. The first-order chi connectivity index (χ1) is 16.8. The molecule has 1 nitrogen and oxygen atoms in total. The van der Waals surface area contributed by atoms with Crippen LogP contribution < -0.4 is 0 Å². The Morgan fingerprint density at radius 3 is 1.44 bits per heavy atom. The second-order valence-corrected chi connectivity index (χ2v) is 11.4. The molecule has 1 unspecified atom stereocenters. The molecule has 3 aromatic carbocycles. The van der Waals surface area contributed by atoms with E-state index in [4.69, 9.17) is 4.74 Å². The van der Waals surface area contributed by atoms with E-state index in [1.165, 1.54) is 48.8 Å². The van der Waals surface area contributed by atoms with Crippen molar-refractivity contribution in [3.8, 4) is 0 Å². The lowest BCUT2D eigenvalue weighted by molar-refractivity contribution is -0.128.